The lowest BCUT2D eigenvalue weighted by molar-refractivity contribution is 0.127. The molecule has 8 heteroatoms. The molecule has 4 nitrogen and oxygen atoms in total. The van der Waals surface area contributed by atoms with E-state index in [0.29, 0.717) is 47.6 Å². The smallest absolute Gasteiger partial charge is 0.157 e. The average molecular weight is 429 g/mol. The van der Waals surface area contributed by atoms with Crippen molar-refractivity contribution in [2.24, 2.45) is 5.16 Å². The first-order chi connectivity index (χ1) is 11.9. The Bertz CT molecular complexity index is 625. The van der Waals surface area contributed by atoms with E-state index < -0.39 is 0 Å². The molecule has 0 fully saturated rings. The minimum absolute atomic E-state index is 0.139. The lowest BCUT2D eigenvalue weighted by Crippen LogP contribution is -2.05. The summed E-state index contributed by atoms with van der Waals surface area (Å²) >= 11 is 23.9. The molecule has 0 heterocycles. The maximum absolute atomic E-state index is 6.43. The van der Waals surface area contributed by atoms with Crippen LogP contribution in [0.2, 0.25) is 10.0 Å². The van der Waals surface area contributed by atoms with Crippen molar-refractivity contribution in [2.45, 2.75) is 33.6 Å². The molecule has 0 aliphatic rings. The van der Waals surface area contributed by atoms with Gasteiger partial charge < -0.3 is 14.3 Å². The molecule has 0 saturated carbocycles. The van der Waals surface area contributed by atoms with Crippen molar-refractivity contribution >= 4 is 52.1 Å². The Morgan fingerprint density at radius 3 is 2.48 bits per heavy atom. The van der Waals surface area contributed by atoms with Gasteiger partial charge in [0.1, 0.15) is 23.5 Å². The van der Waals surface area contributed by atoms with Gasteiger partial charge in [-0.15, -0.1) is 0 Å². The first-order valence-electron chi connectivity index (χ1n) is 7.77. The lowest BCUT2D eigenvalue weighted by Gasteiger charge is -2.16. The van der Waals surface area contributed by atoms with Gasteiger partial charge in [0.05, 0.1) is 22.4 Å². The average Bonchev–Trinajstić information content (AvgIpc) is 2.52. The Labute approximate surface area is 168 Å². The molecule has 0 aliphatic heterocycles. The number of nitrogens with zero attached hydrogens (tertiary/aromatic N) is 1. The van der Waals surface area contributed by atoms with Gasteiger partial charge in [0, 0.05) is 18.1 Å². The third-order valence-electron chi connectivity index (χ3n) is 2.94. The minimum atomic E-state index is 0.139. The van der Waals surface area contributed by atoms with Gasteiger partial charge in [-0.2, -0.15) is 0 Å². The van der Waals surface area contributed by atoms with Crippen molar-refractivity contribution < 1.29 is 14.3 Å². The molecule has 25 heavy (non-hydrogen) atoms. The van der Waals surface area contributed by atoms with E-state index in [0.717, 1.165) is 11.3 Å². The molecular weight excluding hydrogens is 408 g/mol. The molecule has 0 bridgehead atoms. The van der Waals surface area contributed by atoms with Crippen molar-refractivity contribution in [3.05, 3.63) is 32.2 Å². The van der Waals surface area contributed by atoms with Crippen LogP contribution in [0.1, 0.15) is 32.8 Å². The summed E-state index contributed by atoms with van der Waals surface area (Å²) in [5.74, 6) is 1.01. The Kier molecular flexibility index (Phi) is 10.4. The fourth-order valence-electron chi connectivity index (χ4n) is 1.88. The molecule has 0 amide bonds. The van der Waals surface area contributed by atoms with Gasteiger partial charge >= 0.3 is 0 Å². The highest BCUT2D eigenvalue weighted by atomic mass is 35.5. The topological polar surface area (TPSA) is 40.0 Å². The predicted molar refractivity (Wildman–Crippen MR) is 106 cm³/mol. The number of hydrogen-bond acceptors (Lipinski definition) is 4. The number of ether oxygens (including phenoxy) is 2. The molecule has 0 aliphatic carbocycles. The summed E-state index contributed by atoms with van der Waals surface area (Å²) in [7, 11) is 0. The standard InChI is InChI=1S/C17H21Cl4NO3/c1-4-12-14(23-9-6-15(19)20)10-13(18)17(16(12)21)24-7-5-8-25-22-11(2)3/h6,10H,4-5,7-9H2,1-3H3. The number of oxime groups is 1. The summed E-state index contributed by atoms with van der Waals surface area (Å²) in [6.45, 7) is 6.77. The fourth-order valence-corrected chi connectivity index (χ4v) is 2.68. The predicted octanol–water partition coefficient (Wildman–Crippen LogP) is 6.43. The Morgan fingerprint density at radius 2 is 1.88 bits per heavy atom. The van der Waals surface area contributed by atoms with Crippen LogP contribution in [0.5, 0.6) is 11.5 Å². The molecule has 0 aromatic heterocycles. The molecule has 0 unspecified atom stereocenters. The van der Waals surface area contributed by atoms with Crippen LogP contribution in [-0.4, -0.2) is 25.5 Å². The zero-order valence-electron chi connectivity index (χ0n) is 14.4. The van der Waals surface area contributed by atoms with Gasteiger partial charge in [-0.3, -0.25) is 0 Å². The first-order valence-corrected chi connectivity index (χ1v) is 9.28. The molecule has 1 rings (SSSR count). The number of rotatable bonds is 10. The van der Waals surface area contributed by atoms with Crippen LogP contribution in [0, 0.1) is 0 Å². The van der Waals surface area contributed by atoms with Crippen molar-refractivity contribution in [1.82, 2.24) is 0 Å². The molecule has 0 radical (unpaired) electrons. The zero-order valence-corrected chi connectivity index (χ0v) is 17.4. The fraction of sp³-hybridized carbons (Fsp3) is 0.471. The van der Waals surface area contributed by atoms with Gasteiger partial charge in [-0.05, 0) is 26.3 Å². The van der Waals surface area contributed by atoms with Crippen LogP contribution in [0.25, 0.3) is 0 Å². The molecule has 0 atom stereocenters. The highest BCUT2D eigenvalue weighted by Gasteiger charge is 2.17. The van der Waals surface area contributed by atoms with E-state index in [2.05, 4.69) is 5.16 Å². The second-order valence-electron chi connectivity index (χ2n) is 5.21. The largest absolute Gasteiger partial charge is 0.490 e. The van der Waals surface area contributed by atoms with E-state index in [4.69, 9.17) is 60.7 Å². The SMILES string of the molecule is CCc1c(OCC=C(Cl)Cl)cc(Cl)c(OCCCON=C(C)C)c1Cl. The van der Waals surface area contributed by atoms with Crippen LogP contribution < -0.4 is 9.47 Å². The number of benzene rings is 1. The van der Waals surface area contributed by atoms with E-state index in [-0.39, 0.29) is 11.1 Å². The molecule has 0 saturated heterocycles. The van der Waals surface area contributed by atoms with Gasteiger partial charge in [-0.1, -0.05) is 58.5 Å². The minimum Gasteiger partial charge on any atom is -0.490 e. The summed E-state index contributed by atoms with van der Waals surface area (Å²) < 4.78 is 11.5. The number of halogens is 4. The van der Waals surface area contributed by atoms with Crippen LogP contribution in [-0.2, 0) is 11.3 Å². The molecule has 140 valence electrons. The van der Waals surface area contributed by atoms with E-state index >= 15 is 0 Å². The van der Waals surface area contributed by atoms with Gasteiger partial charge in [0.25, 0.3) is 0 Å². The molecule has 0 spiro atoms. The first kappa shape index (κ1) is 22.2. The van der Waals surface area contributed by atoms with Gasteiger partial charge in [-0.25, -0.2) is 0 Å². The van der Waals surface area contributed by atoms with E-state index in [9.17, 15) is 0 Å². The Morgan fingerprint density at radius 1 is 1.16 bits per heavy atom. The highest BCUT2D eigenvalue weighted by molar-refractivity contribution is 6.55. The molecule has 1 aromatic carbocycles. The van der Waals surface area contributed by atoms with E-state index in [1.165, 1.54) is 6.08 Å². The molecule has 0 N–H and O–H groups in total. The van der Waals surface area contributed by atoms with E-state index in [1.807, 2.05) is 20.8 Å². The summed E-state index contributed by atoms with van der Waals surface area (Å²) in [5.41, 5.74) is 1.67. The summed E-state index contributed by atoms with van der Waals surface area (Å²) in [6.07, 6.45) is 2.85. The highest BCUT2D eigenvalue weighted by Crippen LogP contribution is 2.41. The number of hydrogen-bond donors (Lipinski definition) is 0. The van der Waals surface area contributed by atoms with Crippen molar-refractivity contribution in [3.63, 3.8) is 0 Å². The van der Waals surface area contributed by atoms with Crippen LogP contribution in [0.15, 0.2) is 21.8 Å². The maximum Gasteiger partial charge on any atom is 0.157 e. The third-order valence-corrected chi connectivity index (χ3v) is 3.93. The summed E-state index contributed by atoms with van der Waals surface area (Å²) in [4.78, 5) is 5.12. The van der Waals surface area contributed by atoms with Crippen molar-refractivity contribution in [2.75, 3.05) is 19.8 Å². The Balaban J connectivity index is 2.74. The maximum atomic E-state index is 6.43. The van der Waals surface area contributed by atoms with Crippen LogP contribution in [0.3, 0.4) is 0 Å². The summed E-state index contributed by atoms with van der Waals surface area (Å²) in [5, 5.41) is 4.67. The van der Waals surface area contributed by atoms with Crippen molar-refractivity contribution in [1.29, 1.82) is 0 Å². The quantitative estimate of drug-likeness (QED) is 0.244. The molecule has 1 aromatic rings. The van der Waals surface area contributed by atoms with Crippen molar-refractivity contribution in [3.8, 4) is 11.5 Å². The lowest BCUT2D eigenvalue weighted by atomic mass is 10.1. The second-order valence-corrected chi connectivity index (χ2v) is 7.00. The normalized spacial score (nSPS) is 10.2. The molecular formula is C17H21Cl4NO3. The monoisotopic (exact) mass is 427 g/mol. The zero-order chi connectivity index (χ0) is 18.8. The Hall–Kier alpha value is -0.810. The third kappa shape index (κ3) is 7.95. The van der Waals surface area contributed by atoms with E-state index in [1.54, 1.807) is 6.07 Å². The van der Waals surface area contributed by atoms with Crippen LogP contribution >= 0.6 is 46.4 Å². The summed E-state index contributed by atoms with van der Waals surface area (Å²) in [6, 6.07) is 1.68. The van der Waals surface area contributed by atoms with Crippen LogP contribution in [0.4, 0.5) is 0 Å². The van der Waals surface area contributed by atoms with Gasteiger partial charge in [0.2, 0.25) is 0 Å². The van der Waals surface area contributed by atoms with Gasteiger partial charge in [0.15, 0.2) is 5.75 Å². The second kappa shape index (κ2) is 11.7.